The fourth-order valence-electron chi connectivity index (χ4n) is 4.10. The van der Waals surface area contributed by atoms with E-state index in [-0.39, 0.29) is 0 Å². The normalized spacial score (nSPS) is 18.8. The summed E-state index contributed by atoms with van der Waals surface area (Å²) in [5, 5.41) is 0. The third kappa shape index (κ3) is 2.63. The molecule has 0 atom stereocenters. The van der Waals surface area contributed by atoms with Gasteiger partial charge in [-0.2, -0.15) is 0 Å². The Morgan fingerprint density at radius 2 is 1.96 bits per heavy atom. The van der Waals surface area contributed by atoms with E-state index in [1.54, 1.807) is 0 Å². The van der Waals surface area contributed by atoms with Crippen LogP contribution in [0.25, 0.3) is 22.3 Å². The number of rotatable bonds is 2. The molecule has 1 saturated carbocycles. The molecule has 2 aromatic heterocycles. The second-order valence-electron chi connectivity index (χ2n) is 7.24. The molecule has 5 nitrogen and oxygen atoms in total. The highest BCUT2D eigenvalue weighted by Crippen LogP contribution is 2.28. The van der Waals surface area contributed by atoms with E-state index in [2.05, 4.69) is 37.6 Å². The van der Waals surface area contributed by atoms with Gasteiger partial charge in [-0.3, -0.25) is 4.90 Å². The molecule has 0 amide bonds. The van der Waals surface area contributed by atoms with Crippen LogP contribution in [0.2, 0.25) is 0 Å². The molecule has 1 aliphatic heterocycles. The Balaban J connectivity index is 1.48. The molecule has 3 aromatic rings. The SMILES string of the molecule is Cc1nccc(-c2ccc3c(c2)nc2n3CCN(C3CCC3)CC2)n1. The van der Waals surface area contributed by atoms with Crippen LogP contribution in [-0.4, -0.2) is 43.6 Å². The highest BCUT2D eigenvalue weighted by molar-refractivity contribution is 5.82. The van der Waals surface area contributed by atoms with E-state index in [0.717, 1.165) is 54.7 Å². The minimum Gasteiger partial charge on any atom is -0.327 e. The maximum Gasteiger partial charge on any atom is 0.125 e. The summed E-state index contributed by atoms with van der Waals surface area (Å²) in [6.45, 7) is 5.27. The highest BCUT2D eigenvalue weighted by Gasteiger charge is 2.27. The van der Waals surface area contributed by atoms with Crippen LogP contribution in [0.5, 0.6) is 0 Å². The lowest BCUT2D eigenvalue weighted by Crippen LogP contribution is -2.41. The van der Waals surface area contributed by atoms with Crippen molar-refractivity contribution in [2.45, 2.75) is 45.2 Å². The standard InChI is InChI=1S/C20H23N5/c1-14-21-9-7-17(22-14)15-5-6-19-18(13-15)23-20-8-10-24(11-12-25(19)20)16-3-2-4-16/h5-7,9,13,16H,2-4,8,10-12H2,1H3. The summed E-state index contributed by atoms with van der Waals surface area (Å²) in [7, 11) is 0. The van der Waals surface area contributed by atoms with Gasteiger partial charge in [0, 0.05) is 43.9 Å². The molecule has 128 valence electrons. The molecular weight excluding hydrogens is 310 g/mol. The highest BCUT2D eigenvalue weighted by atomic mass is 15.2. The average molecular weight is 333 g/mol. The predicted molar refractivity (Wildman–Crippen MR) is 98.4 cm³/mol. The van der Waals surface area contributed by atoms with Crippen LogP contribution < -0.4 is 0 Å². The molecule has 1 aromatic carbocycles. The maximum absolute atomic E-state index is 4.95. The zero-order valence-corrected chi connectivity index (χ0v) is 14.6. The van der Waals surface area contributed by atoms with E-state index in [4.69, 9.17) is 4.98 Å². The summed E-state index contributed by atoms with van der Waals surface area (Å²) in [6, 6.07) is 9.32. The zero-order chi connectivity index (χ0) is 16.8. The van der Waals surface area contributed by atoms with E-state index >= 15 is 0 Å². The van der Waals surface area contributed by atoms with Gasteiger partial charge in [-0.1, -0.05) is 12.5 Å². The quantitative estimate of drug-likeness (QED) is 0.722. The van der Waals surface area contributed by atoms with Crippen molar-refractivity contribution in [2.24, 2.45) is 0 Å². The topological polar surface area (TPSA) is 46.8 Å². The lowest BCUT2D eigenvalue weighted by molar-refractivity contribution is 0.130. The molecular formula is C20H23N5. The Labute approximate surface area is 147 Å². The maximum atomic E-state index is 4.95. The monoisotopic (exact) mass is 333 g/mol. The van der Waals surface area contributed by atoms with Gasteiger partial charge in [0.15, 0.2) is 0 Å². The van der Waals surface area contributed by atoms with E-state index in [1.807, 2.05) is 19.2 Å². The third-order valence-corrected chi connectivity index (χ3v) is 5.72. The van der Waals surface area contributed by atoms with Gasteiger partial charge in [-0.05, 0) is 38.0 Å². The van der Waals surface area contributed by atoms with E-state index in [9.17, 15) is 0 Å². The summed E-state index contributed by atoms with van der Waals surface area (Å²) in [5.41, 5.74) is 4.41. The van der Waals surface area contributed by atoms with Crippen molar-refractivity contribution >= 4 is 11.0 Å². The fourth-order valence-corrected chi connectivity index (χ4v) is 4.10. The molecule has 1 fully saturated rings. The smallest absolute Gasteiger partial charge is 0.125 e. The van der Waals surface area contributed by atoms with Crippen LogP contribution in [0.15, 0.2) is 30.5 Å². The summed E-state index contributed by atoms with van der Waals surface area (Å²) < 4.78 is 2.42. The molecule has 5 rings (SSSR count). The van der Waals surface area contributed by atoms with Crippen LogP contribution in [0.4, 0.5) is 0 Å². The number of hydrogen-bond donors (Lipinski definition) is 0. The molecule has 0 N–H and O–H groups in total. The van der Waals surface area contributed by atoms with Gasteiger partial charge in [-0.25, -0.2) is 15.0 Å². The zero-order valence-electron chi connectivity index (χ0n) is 14.6. The minimum absolute atomic E-state index is 0.800. The molecule has 0 saturated heterocycles. The van der Waals surface area contributed by atoms with Crippen molar-refractivity contribution in [1.82, 2.24) is 24.4 Å². The Morgan fingerprint density at radius 1 is 1.04 bits per heavy atom. The van der Waals surface area contributed by atoms with Crippen molar-refractivity contribution in [3.8, 4) is 11.3 Å². The van der Waals surface area contributed by atoms with Crippen LogP contribution >= 0.6 is 0 Å². The first kappa shape index (κ1) is 15.0. The van der Waals surface area contributed by atoms with Gasteiger partial charge >= 0.3 is 0 Å². The largest absolute Gasteiger partial charge is 0.327 e. The van der Waals surface area contributed by atoms with E-state index < -0.39 is 0 Å². The summed E-state index contributed by atoms with van der Waals surface area (Å²) in [4.78, 5) is 16.3. The number of imidazole rings is 1. The third-order valence-electron chi connectivity index (χ3n) is 5.72. The Kier molecular flexibility index (Phi) is 3.55. The number of fused-ring (bicyclic) bond motifs is 3. The van der Waals surface area contributed by atoms with Gasteiger partial charge < -0.3 is 4.57 Å². The van der Waals surface area contributed by atoms with Gasteiger partial charge in [0.25, 0.3) is 0 Å². The van der Waals surface area contributed by atoms with Gasteiger partial charge in [0.1, 0.15) is 11.6 Å². The summed E-state index contributed by atoms with van der Waals surface area (Å²) >= 11 is 0. The van der Waals surface area contributed by atoms with Crippen molar-refractivity contribution in [1.29, 1.82) is 0 Å². The molecule has 25 heavy (non-hydrogen) atoms. The van der Waals surface area contributed by atoms with Gasteiger partial charge in [0.2, 0.25) is 0 Å². The lowest BCUT2D eigenvalue weighted by atomic mass is 9.91. The first-order valence-corrected chi connectivity index (χ1v) is 9.31. The second-order valence-corrected chi connectivity index (χ2v) is 7.24. The number of aryl methyl sites for hydroxylation is 1. The number of aromatic nitrogens is 4. The molecule has 0 spiro atoms. The fraction of sp³-hybridized carbons (Fsp3) is 0.450. The molecule has 5 heteroatoms. The minimum atomic E-state index is 0.800. The van der Waals surface area contributed by atoms with Crippen LogP contribution in [-0.2, 0) is 13.0 Å². The van der Waals surface area contributed by atoms with Crippen molar-refractivity contribution < 1.29 is 0 Å². The average Bonchev–Trinajstić information content (AvgIpc) is 2.80. The summed E-state index contributed by atoms with van der Waals surface area (Å²) in [5.74, 6) is 2.03. The molecule has 2 aliphatic rings. The van der Waals surface area contributed by atoms with Crippen molar-refractivity contribution in [3.05, 3.63) is 42.1 Å². The van der Waals surface area contributed by atoms with Crippen molar-refractivity contribution in [3.63, 3.8) is 0 Å². The number of nitrogens with zero attached hydrogens (tertiary/aromatic N) is 5. The Bertz CT molecular complexity index is 925. The lowest BCUT2D eigenvalue weighted by Gasteiger charge is -2.36. The predicted octanol–water partition coefficient (Wildman–Crippen LogP) is 3.21. The van der Waals surface area contributed by atoms with E-state index in [0.29, 0.717) is 0 Å². The molecule has 1 aliphatic carbocycles. The Hall–Kier alpha value is -2.27. The van der Waals surface area contributed by atoms with E-state index in [1.165, 1.54) is 30.6 Å². The second kappa shape index (κ2) is 5.92. The Morgan fingerprint density at radius 3 is 2.76 bits per heavy atom. The summed E-state index contributed by atoms with van der Waals surface area (Å²) in [6.07, 6.45) is 7.03. The van der Waals surface area contributed by atoms with Gasteiger partial charge in [0.05, 0.1) is 16.7 Å². The van der Waals surface area contributed by atoms with Crippen LogP contribution in [0, 0.1) is 6.92 Å². The molecule has 0 unspecified atom stereocenters. The number of hydrogen-bond acceptors (Lipinski definition) is 4. The van der Waals surface area contributed by atoms with Gasteiger partial charge in [-0.15, -0.1) is 0 Å². The molecule has 3 heterocycles. The van der Waals surface area contributed by atoms with Crippen LogP contribution in [0.1, 0.15) is 30.9 Å². The van der Waals surface area contributed by atoms with Crippen molar-refractivity contribution in [2.75, 3.05) is 13.1 Å². The first-order valence-electron chi connectivity index (χ1n) is 9.31. The molecule has 0 radical (unpaired) electrons. The number of benzene rings is 1. The van der Waals surface area contributed by atoms with Crippen LogP contribution in [0.3, 0.4) is 0 Å². The molecule has 0 bridgehead atoms. The first-order chi connectivity index (χ1) is 12.3.